The SMILES string of the molecule is CCc1nc(-c2ncn[nH]2)sc1C(=O)N1CCCc2cc(CCN)ccc21. The van der Waals surface area contributed by atoms with Crippen molar-refractivity contribution in [3.63, 3.8) is 0 Å². The maximum atomic E-state index is 13.4. The smallest absolute Gasteiger partial charge is 0.270 e. The van der Waals surface area contributed by atoms with Crippen molar-refractivity contribution < 1.29 is 4.79 Å². The minimum atomic E-state index is 0.0163. The molecule has 0 spiro atoms. The molecular weight excluding hydrogens is 360 g/mol. The summed E-state index contributed by atoms with van der Waals surface area (Å²) in [6.07, 6.45) is 4.95. The number of aryl methyl sites for hydroxylation is 2. The maximum Gasteiger partial charge on any atom is 0.270 e. The van der Waals surface area contributed by atoms with E-state index in [1.54, 1.807) is 0 Å². The number of aromatic nitrogens is 4. The highest BCUT2D eigenvalue weighted by molar-refractivity contribution is 7.17. The number of anilines is 1. The van der Waals surface area contributed by atoms with Crippen LogP contribution in [0.2, 0.25) is 0 Å². The number of hydrogen-bond acceptors (Lipinski definition) is 6. The molecule has 4 rings (SSSR count). The summed E-state index contributed by atoms with van der Waals surface area (Å²) in [5.41, 5.74) is 9.94. The average Bonchev–Trinajstić information content (AvgIpc) is 3.36. The molecule has 27 heavy (non-hydrogen) atoms. The van der Waals surface area contributed by atoms with Gasteiger partial charge in [-0.15, -0.1) is 11.3 Å². The van der Waals surface area contributed by atoms with E-state index in [1.165, 1.54) is 28.8 Å². The van der Waals surface area contributed by atoms with Crippen LogP contribution in [0.5, 0.6) is 0 Å². The fourth-order valence-corrected chi connectivity index (χ4v) is 4.52. The first kappa shape index (κ1) is 17.8. The van der Waals surface area contributed by atoms with Gasteiger partial charge in [-0.25, -0.2) is 9.97 Å². The van der Waals surface area contributed by atoms with Gasteiger partial charge in [0.1, 0.15) is 11.2 Å². The first-order valence-corrected chi connectivity index (χ1v) is 10.0. The van der Waals surface area contributed by atoms with E-state index in [2.05, 4.69) is 38.4 Å². The second-order valence-corrected chi connectivity index (χ2v) is 7.54. The Balaban J connectivity index is 1.68. The zero-order chi connectivity index (χ0) is 18.8. The normalized spacial score (nSPS) is 13.6. The first-order chi connectivity index (χ1) is 13.2. The molecule has 1 aliphatic heterocycles. The predicted octanol–water partition coefficient (Wildman–Crippen LogP) is 2.58. The van der Waals surface area contributed by atoms with Crippen molar-refractivity contribution in [2.45, 2.75) is 32.6 Å². The van der Waals surface area contributed by atoms with Crippen molar-refractivity contribution in [2.24, 2.45) is 5.73 Å². The molecule has 2 aromatic heterocycles. The second kappa shape index (κ2) is 7.58. The molecule has 0 atom stereocenters. The van der Waals surface area contributed by atoms with Gasteiger partial charge in [-0.05, 0) is 49.4 Å². The van der Waals surface area contributed by atoms with E-state index >= 15 is 0 Å². The molecule has 1 aliphatic rings. The Morgan fingerprint density at radius 1 is 1.41 bits per heavy atom. The van der Waals surface area contributed by atoms with E-state index in [0.29, 0.717) is 28.7 Å². The van der Waals surface area contributed by atoms with Crippen LogP contribution in [-0.4, -0.2) is 39.2 Å². The molecule has 8 heteroatoms. The van der Waals surface area contributed by atoms with Crippen LogP contribution in [0.3, 0.4) is 0 Å². The molecule has 1 amide bonds. The number of H-pyrrole nitrogens is 1. The molecule has 7 nitrogen and oxygen atoms in total. The van der Waals surface area contributed by atoms with E-state index in [0.717, 1.165) is 37.2 Å². The third kappa shape index (κ3) is 3.38. The van der Waals surface area contributed by atoms with Crippen LogP contribution in [0, 0.1) is 0 Å². The third-order valence-electron chi connectivity index (χ3n) is 4.78. The summed E-state index contributed by atoms with van der Waals surface area (Å²) in [6, 6.07) is 6.32. The molecule has 0 saturated carbocycles. The molecule has 0 bridgehead atoms. The van der Waals surface area contributed by atoms with E-state index in [-0.39, 0.29) is 5.91 Å². The number of nitrogens with zero attached hydrogens (tertiary/aromatic N) is 4. The van der Waals surface area contributed by atoms with Gasteiger partial charge in [0.15, 0.2) is 10.8 Å². The Morgan fingerprint density at radius 2 is 2.30 bits per heavy atom. The number of nitrogens with two attached hydrogens (primary N) is 1. The number of carbonyl (C=O) groups excluding carboxylic acids is 1. The van der Waals surface area contributed by atoms with Crippen LogP contribution in [0.1, 0.15) is 39.8 Å². The van der Waals surface area contributed by atoms with Gasteiger partial charge in [-0.1, -0.05) is 19.1 Å². The van der Waals surface area contributed by atoms with E-state index < -0.39 is 0 Å². The minimum absolute atomic E-state index is 0.0163. The molecule has 3 aromatic rings. The van der Waals surface area contributed by atoms with Crippen molar-refractivity contribution in [2.75, 3.05) is 18.0 Å². The van der Waals surface area contributed by atoms with Gasteiger partial charge < -0.3 is 10.6 Å². The Bertz CT molecular complexity index is 949. The number of amides is 1. The van der Waals surface area contributed by atoms with Gasteiger partial charge >= 0.3 is 0 Å². The number of benzene rings is 1. The second-order valence-electron chi connectivity index (χ2n) is 6.54. The number of nitrogens with one attached hydrogen (secondary N) is 1. The lowest BCUT2D eigenvalue weighted by molar-refractivity contribution is 0.0988. The summed E-state index contributed by atoms with van der Waals surface area (Å²) in [5.74, 6) is 0.613. The summed E-state index contributed by atoms with van der Waals surface area (Å²) in [5, 5.41) is 7.40. The summed E-state index contributed by atoms with van der Waals surface area (Å²) >= 11 is 1.38. The van der Waals surface area contributed by atoms with Crippen molar-refractivity contribution in [1.29, 1.82) is 0 Å². The van der Waals surface area contributed by atoms with E-state index in [1.807, 2.05) is 11.8 Å². The largest absolute Gasteiger partial charge is 0.330 e. The fourth-order valence-electron chi connectivity index (χ4n) is 3.47. The molecular formula is C19H22N6OS. The number of thiazole rings is 1. The molecule has 3 heterocycles. The summed E-state index contributed by atoms with van der Waals surface area (Å²) in [6.45, 7) is 3.37. The molecule has 1 aromatic carbocycles. The summed E-state index contributed by atoms with van der Waals surface area (Å²) in [7, 11) is 0. The molecule has 0 aliphatic carbocycles. The number of fused-ring (bicyclic) bond motifs is 1. The van der Waals surface area contributed by atoms with Gasteiger partial charge in [0.2, 0.25) is 0 Å². The van der Waals surface area contributed by atoms with Crippen LogP contribution in [0.15, 0.2) is 24.5 Å². The summed E-state index contributed by atoms with van der Waals surface area (Å²) < 4.78 is 0. The van der Waals surface area contributed by atoms with Gasteiger partial charge in [-0.2, -0.15) is 5.10 Å². The zero-order valence-electron chi connectivity index (χ0n) is 15.2. The number of rotatable bonds is 5. The average molecular weight is 382 g/mol. The lowest BCUT2D eigenvalue weighted by atomic mass is 9.98. The van der Waals surface area contributed by atoms with Gasteiger partial charge in [-0.3, -0.25) is 9.89 Å². The van der Waals surface area contributed by atoms with E-state index in [4.69, 9.17) is 5.73 Å². The number of hydrogen-bond donors (Lipinski definition) is 2. The molecule has 0 saturated heterocycles. The third-order valence-corrected chi connectivity index (χ3v) is 5.88. The lowest BCUT2D eigenvalue weighted by Gasteiger charge is -2.29. The lowest BCUT2D eigenvalue weighted by Crippen LogP contribution is -2.35. The standard InChI is InChI=1S/C19H22N6OS/c1-2-14-16(27-18(23-14)17-21-11-22-24-17)19(26)25-9-3-4-13-10-12(7-8-20)5-6-15(13)25/h5-6,10-11H,2-4,7-9,20H2,1H3,(H,21,22,24). The summed E-state index contributed by atoms with van der Waals surface area (Å²) in [4.78, 5) is 24.7. The zero-order valence-corrected chi connectivity index (χ0v) is 16.1. The quantitative estimate of drug-likeness (QED) is 0.706. The van der Waals surface area contributed by atoms with Crippen molar-refractivity contribution >= 4 is 22.9 Å². The van der Waals surface area contributed by atoms with Crippen molar-refractivity contribution in [3.8, 4) is 10.8 Å². The highest BCUT2D eigenvalue weighted by atomic mass is 32.1. The Labute approximate surface area is 161 Å². The monoisotopic (exact) mass is 382 g/mol. The van der Waals surface area contributed by atoms with Crippen molar-refractivity contribution in [1.82, 2.24) is 20.2 Å². The van der Waals surface area contributed by atoms with Crippen LogP contribution in [0.4, 0.5) is 5.69 Å². The maximum absolute atomic E-state index is 13.4. The van der Waals surface area contributed by atoms with Crippen LogP contribution in [0.25, 0.3) is 10.8 Å². The Morgan fingerprint density at radius 3 is 3.04 bits per heavy atom. The van der Waals surface area contributed by atoms with E-state index in [9.17, 15) is 4.79 Å². The van der Waals surface area contributed by atoms with Gasteiger partial charge in [0.05, 0.1) is 5.69 Å². The Hall–Kier alpha value is -2.58. The highest BCUT2D eigenvalue weighted by Crippen LogP contribution is 2.33. The minimum Gasteiger partial charge on any atom is -0.330 e. The Kier molecular flexibility index (Phi) is 5.00. The highest BCUT2D eigenvalue weighted by Gasteiger charge is 2.28. The molecule has 140 valence electrons. The topological polar surface area (TPSA) is 101 Å². The fraction of sp³-hybridized carbons (Fsp3) is 0.368. The van der Waals surface area contributed by atoms with Crippen LogP contribution >= 0.6 is 11.3 Å². The van der Waals surface area contributed by atoms with Crippen LogP contribution < -0.4 is 10.6 Å². The van der Waals surface area contributed by atoms with Gasteiger partial charge in [0, 0.05) is 12.2 Å². The molecule has 3 N–H and O–H groups in total. The molecule has 0 radical (unpaired) electrons. The molecule has 0 unspecified atom stereocenters. The van der Waals surface area contributed by atoms with Gasteiger partial charge in [0.25, 0.3) is 5.91 Å². The van der Waals surface area contributed by atoms with Crippen LogP contribution in [-0.2, 0) is 19.3 Å². The first-order valence-electron chi connectivity index (χ1n) is 9.20. The number of carbonyl (C=O) groups is 1. The molecule has 0 fully saturated rings. The predicted molar refractivity (Wildman–Crippen MR) is 106 cm³/mol. The number of aromatic amines is 1. The van der Waals surface area contributed by atoms with Crippen molar-refractivity contribution in [3.05, 3.63) is 46.2 Å².